The fraction of sp³-hybridized carbons (Fsp3) is 0.320. The SMILES string of the molecule is CCOC(=O)C1=C(C)N=c2s/c(=C/c3ccc(N4CCCC4)o3)c(=O)n2[C@@H]1c1ccccc1. The second-order valence-electron chi connectivity index (χ2n) is 8.08. The van der Waals surface area contributed by atoms with Crippen LogP contribution in [0, 0.1) is 0 Å². The van der Waals surface area contributed by atoms with Crippen LogP contribution in [0.3, 0.4) is 0 Å². The molecule has 1 saturated heterocycles. The summed E-state index contributed by atoms with van der Waals surface area (Å²) in [6, 6.07) is 12.8. The number of esters is 1. The van der Waals surface area contributed by atoms with Crippen molar-refractivity contribution in [1.29, 1.82) is 0 Å². The minimum Gasteiger partial charge on any atom is -0.463 e. The van der Waals surface area contributed by atoms with E-state index in [0.29, 0.717) is 26.4 Å². The summed E-state index contributed by atoms with van der Waals surface area (Å²) in [7, 11) is 0. The highest BCUT2D eigenvalue weighted by Gasteiger charge is 2.33. The smallest absolute Gasteiger partial charge is 0.338 e. The molecule has 1 atom stereocenters. The third kappa shape index (κ3) is 3.95. The summed E-state index contributed by atoms with van der Waals surface area (Å²) in [5.41, 5.74) is 1.57. The van der Waals surface area contributed by atoms with E-state index in [1.807, 2.05) is 42.5 Å². The molecule has 7 nitrogen and oxygen atoms in total. The van der Waals surface area contributed by atoms with Gasteiger partial charge in [-0.2, -0.15) is 0 Å². The Labute approximate surface area is 194 Å². The van der Waals surface area contributed by atoms with Gasteiger partial charge in [-0.05, 0) is 38.3 Å². The van der Waals surface area contributed by atoms with Gasteiger partial charge in [-0.3, -0.25) is 9.36 Å². The first-order valence-electron chi connectivity index (χ1n) is 11.2. The first-order valence-corrected chi connectivity index (χ1v) is 12.0. The van der Waals surface area contributed by atoms with Gasteiger partial charge in [-0.25, -0.2) is 9.79 Å². The molecule has 170 valence electrons. The number of allylic oxidation sites excluding steroid dienone is 1. The van der Waals surface area contributed by atoms with E-state index in [-0.39, 0.29) is 12.2 Å². The Morgan fingerprint density at radius 1 is 1.21 bits per heavy atom. The first kappa shape index (κ1) is 21.5. The number of hydrogen-bond donors (Lipinski definition) is 0. The molecule has 0 spiro atoms. The highest BCUT2D eigenvalue weighted by atomic mass is 32.1. The third-order valence-electron chi connectivity index (χ3n) is 5.94. The maximum Gasteiger partial charge on any atom is 0.338 e. The van der Waals surface area contributed by atoms with Gasteiger partial charge in [0.25, 0.3) is 5.56 Å². The van der Waals surface area contributed by atoms with Crippen LogP contribution in [0.15, 0.2) is 67.9 Å². The summed E-state index contributed by atoms with van der Waals surface area (Å²) in [4.78, 5) is 33.8. The van der Waals surface area contributed by atoms with E-state index in [2.05, 4.69) is 9.89 Å². The zero-order valence-electron chi connectivity index (χ0n) is 18.6. The predicted molar refractivity (Wildman–Crippen MR) is 127 cm³/mol. The summed E-state index contributed by atoms with van der Waals surface area (Å²) >= 11 is 1.30. The van der Waals surface area contributed by atoms with E-state index in [1.54, 1.807) is 24.5 Å². The lowest BCUT2D eigenvalue weighted by atomic mass is 9.96. The second-order valence-corrected chi connectivity index (χ2v) is 9.09. The van der Waals surface area contributed by atoms with Gasteiger partial charge >= 0.3 is 5.97 Å². The number of nitrogens with zero attached hydrogens (tertiary/aromatic N) is 3. The highest BCUT2D eigenvalue weighted by Crippen LogP contribution is 2.30. The zero-order valence-corrected chi connectivity index (χ0v) is 19.4. The molecule has 0 N–H and O–H groups in total. The zero-order chi connectivity index (χ0) is 22.9. The van der Waals surface area contributed by atoms with Crippen molar-refractivity contribution < 1.29 is 13.9 Å². The summed E-state index contributed by atoms with van der Waals surface area (Å²) in [5, 5.41) is 0. The summed E-state index contributed by atoms with van der Waals surface area (Å²) in [6.07, 6.45) is 4.08. The van der Waals surface area contributed by atoms with Gasteiger partial charge in [-0.15, -0.1) is 0 Å². The largest absolute Gasteiger partial charge is 0.463 e. The van der Waals surface area contributed by atoms with Crippen LogP contribution in [0.25, 0.3) is 6.08 Å². The van der Waals surface area contributed by atoms with Crippen molar-refractivity contribution in [3.05, 3.63) is 84.7 Å². The summed E-state index contributed by atoms with van der Waals surface area (Å²) in [5.74, 6) is 0.997. The molecule has 0 radical (unpaired) electrons. The van der Waals surface area contributed by atoms with E-state index in [9.17, 15) is 9.59 Å². The summed E-state index contributed by atoms with van der Waals surface area (Å²) < 4.78 is 13.4. The maximum absolute atomic E-state index is 13.6. The number of rotatable bonds is 5. The van der Waals surface area contributed by atoms with Crippen LogP contribution in [0.4, 0.5) is 5.88 Å². The van der Waals surface area contributed by atoms with Crippen molar-refractivity contribution in [1.82, 2.24) is 4.57 Å². The number of fused-ring (bicyclic) bond motifs is 1. The van der Waals surface area contributed by atoms with E-state index in [4.69, 9.17) is 9.15 Å². The van der Waals surface area contributed by atoms with Gasteiger partial charge in [0.2, 0.25) is 0 Å². The lowest BCUT2D eigenvalue weighted by Crippen LogP contribution is -2.39. The fourth-order valence-corrected chi connectivity index (χ4v) is 5.43. The van der Waals surface area contributed by atoms with Crippen LogP contribution < -0.4 is 19.8 Å². The van der Waals surface area contributed by atoms with Crippen molar-refractivity contribution in [2.24, 2.45) is 4.99 Å². The van der Waals surface area contributed by atoms with Crippen molar-refractivity contribution in [2.75, 3.05) is 24.6 Å². The number of thiazole rings is 1. The average Bonchev–Trinajstić information content (AvgIpc) is 3.55. The molecular formula is C25H25N3O4S. The number of aromatic nitrogens is 1. The minimum absolute atomic E-state index is 0.207. The Balaban J connectivity index is 1.62. The van der Waals surface area contributed by atoms with E-state index in [1.165, 1.54) is 11.3 Å². The third-order valence-corrected chi connectivity index (χ3v) is 6.92. The Bertz CT molecular complexity index is 1390. The summed E-state index contributed by atoms with van der Waals surface area (Å²) in [6.45, 7) is 5.78. The number of ether oxygens (including phenoxy) is 1. The van der Waals surface area contributed by atoms with Crippen LogP contribution in [0.2, 0.25) is 0 Å². The molecule has 2 aliphatic rings. The maximum atomic E-state index is 13.6. The normalized spacial score (nSPS) is 18.4. The van der Waals surface area contributed by atoms with Gasteiger partial charge in [0.05, 0.1) is 28.5 Å². The molecule has 2 aromatic heterocycles. The van der Waals surface area contributed by atoms with Gasteiger partial charge in [0.1, 0.15) is 5.76 Å². The molecule has 0 unspecified atom stereocenters. The Kier molecular flexibility index (Phi) is 5.76. The standard InChI is InChI=1S/C25H25N3O4S/c1-3-31-24(30)21-16(2)26-25-28(22(21)17-9-5-4-6-10-17)23(29)19(33-25)15-18-11-12-20(32-18)27-13-7-8-14-27/h4-6,9-12,15,22H,3,7-8,13-14H2,1-2H3/b19-15+/t22-/m1/s1. The Morgan fingerprint density at radius 3 is 2.70 bits per heavy atom. The lowest BCUT2D eigenvalue weighted by molar-refractivity contribution is -0.139. The Morgan fingerprint density at radius 2 is 1.97 bits per heavy atom. The molecule has 8 heteroatoms. The van der Waals surface area contributed by atoms with Crippen LogP contribution in [-0.2, 0) is 9.53 Å². The molecule has 4 heterocycles. The first-order chi connectivity index (χ1) is 16.1. The number of hydrogen-bond acceptors (Lipinski definition) is 7. The minimum atomic E-state index is -0.597. The van der Waals surface area contributed by atoms with Crippen LogP contribution >= 0.6 is 11.3 Å². The Hall–Kier alpha value is -3.39. The van der Waals surface area contributed by atoms with Gasteiger partial charge in [0.15, 0.2) is 10.7 Å². The van der Waals surface area contributed by atoms with Crippen LogP contribution in [0.5, 0.6) is 0 Å². The predicted octanol–water partition coefficient (Wildman–Crippen LogP) is 2.99. The van der Waals surface area contributed by atoms with Gasteiger partial charge in [0, 0.05) is 25.2 Å². The molecule has 0 amide bonds. The van der Waals surface area contributed by atoms with Crippen molar-refractivity contribution in [2.45, 2.75) is 32.7 Å². The number of anilines is 1. The van der Waals surface area contributed by atoms with Crippen molar-refractivity contribution >= 4 is 29.3 Å². The van der Waals surface area contributed by atoms with Crippen LogP contribution in [0.1, 0.15) is 44.1 Å². The molecule has 0 saturated carbocycles. The molecule has 3 aromatic rings. The van der Waals surface area contributed by atoms with Gasteiger partial charge in [-0.1, -0.05) is 41.7 Å². The topological polar surface area (TPSA) is 77.0 Å². The number of carbonyl (C=O) groups excluding carboxylic acids is 1. The van der Waals surface area contributed by atoms with E-state index >= 15 is 0 Å². The molecule has 1 fully saturated rings. The molecule has 5 rings (SSSR count). The second kappa shape index (κ2) is 8.86. The molecule has 33 heavy (non-hydrogen) atoms. The lowest BCUT2D eigenvalue weighted by Gasteiger charge is -2.24. The number of carbonyl (C=O) groups is 1. The average molecular weight is 464 g/mol. The monoisotopic (exact) mass is 463 g/mol. The van der Waals surface area contributed by atoms with Crippen molar-refractivity contribution in [3.63, 3.8) is 0 Å². The molecule has 0 bridgehead atoms. The van der Waals surface area contributed by atoms with E-state index < -0.39 is 12.0 Å². The number of furan rings is 1. The number of benzene rings is 1. The molecular weight excluding hydrogens is 438 g/mol. The van der Waals surface area contributed by atoms with Crippen LogP contribution in [-0.4, -0.2) is 30.2 Å². The highest BCUT2D eigenvalue weighted by molar-refractivity contribution is 7.07. The molecule has 1 aromatic carbocycles. The fourth-order valence-electron chi connectivity index (χ4n) is 4.40. The quantitative estimate of drug-likeness (QED) is 0.544. The van der Waals surface area contributed by atoms with Gasteiger partial charge < -0.3 is 14.1 Å². The van der Waals surface area contributed by atoms with Crippen molar-refractivity contribution in [3.8, 4) is 0 Å². The molecule has 2 aliphatic heterocycles. The molecule has 0 aliphatic carbocycles. The van der Waals surface area contributed by atoms with E-state index in [0.717, 1.165) is 37.4 Å².